The molecule has 2 aromatic heterocycles. The normalized spacial score (nSPS) is 11.5. The van der Waals surface area contributed by atoms with Crippen molar-refractivity contribution in [2.24, 2.45) is 0 Å². The molecule has 5 rings (SSSR count). The summed E-state index contributed by atoms with van der Waals surface area (Å²) in [6.07, 6.45) is 2.77. The van der Waals surface area contributed by atoms with E-state index in [1.54, 1.807) is 6.33 Å². The Hall–Kier alpha value is -3.48. The van der Waals surface area contributed by atoms with Crippen LogP contribution in [0.25, 0.3) is 22.2 Å². The standard InChI is InChI=1S/C29H27IN4O4S/c1-39(35,36)14-13-31-17-23-9-12-27(38-23)21-7-10-26-24(15-21)29(33-19-32-26)34-22-8-11-28(25(30)16-22)37-18-20-5-3-2-4-6-20/h2-12,15-16,19,31H,13-14,17-18H2,1H3,(H,32,33,34). The first-order valence-corrected chi connectivity index (χ1v) is 15.4. The molecule has 0 aliphatic rings. The molecule has 0 unspecified atom stereocenters. The van der Waals surface area contributed by atoms with Gasteiger partial charge in [-0.3, -0.25) is 0 Å². The van der Waals surface area contributed by atoms with Crippen LogP contribution in [0.5, 0.6) is 5.75 Å². The highest BCUT2D eigenvalue weighted by Crippen LogP contribution is 2.31. The van der Waals surface area contributed by atoms with Crippen LogP contribution in [0.4, 0.5) is 11.5 Å². The van der Waals surface area contributed by atoms with E-state index in [2.05, 4.69) is 43.2 Å². The van der Waals surface area contributed by atoms with Crippen LogP contribution in [-0.2, 0) is 23.0 Å². The van der Waals surface area contributed by atoms with Gasteiger partial charge in [-0.1, -0.05) is 30.3 Å². The van der Waals surface area contributed by atoms with E-state index in [0.717, 1.165) is 42.8 Å². The predicted molar refractivity (Wildman–Crippen MR) is 162 cm³/mol. The molecule has 200 valence electrons. The Labute approximate surface area is 240 Å². The molecule has 0 amide bonds. The molecule has 0 spiro atoms. The van der Waals surface area contributed by atoms with E-state index in [9.17, 15) is 8.42 Å². The molecule has 0 fully saturated rings. The highest BCUT2D eigenvalue weighted by molar-refractivity contribution is 14.1. The predicted octanol–water partition coefficient (Wildman–Crippen LogP) is 5.95. The van der Waals surface area contributed by atoms with Gasteiger partial charge in [0.05, 0.1) is 21.4 Å². The van der Waals surface area contributed by atoms with E-state index in [4.69, 9.17) is 9.15 Å². The second kappa shape index (κ2) is 12.1. The molecule has 10 heteroatoms. The van der Waals surface area contributed by atoms with Crippen LogP contribution in [0.1, 0.15) is 11.3 Å². The van der Waals surface area contributed by atoms with Gasteiger partial charge in [0.25, 0.3) is 0 Å². The van der Waals surface area contributed by atoms with Crippen molar-refractivity contribution in [2.45, 2.75) is 13.2 Å². The van der Waals surface area contributed by atoms with Gasteiger partial charge in [0.2, 0.25) is 0 Å². The van der Waals surface area contributed by atoms with Gasteiger partial charge in [0, 0.05) is 29.4 Å². The maximum absolute atomic E-state index is 11.3. The summed E-state index contributed by atoms with van der Waals surface area (Å²) >= 11 is 2.28. The molecule has 2 heterocycles. The number of hydrogen-bond donors (Lipinski definition) is 2. The van der Waals surface area contributed by atoms with Crippen molar-refractivity contribution < 1.29 is 17.6 Å². The molecule has 3 aromatic carbocycles. The Morgan fingerprint density at radius 3 is 2.62 bits per heavy atom. The van der Waals surface area contributed by atoms with Gasteiger partial charge in [0.15, 0.2) is 0 Å². The van der Waals surface area contributed by atoms with Crippen LogP contribution in [0.15, 0.2) is 89.6 Å². The number of anilines is 2. The lowest BCUT2D eigenvalue weighted by Gasteiger charge is -2.12. The Kier molecular flexibility index (Phi) is 8.44. The fraction of sp³-hybridized carbons (Fsp3) is 0.172. The van der Waals surface area contributed by atoms with E-state index in [1.807, 2.05) is 78.9 Å². The van der Waals surface area contributed by atoms with Crippen molar-refractivity contribution in [3.05, 3.63) is 100 Å². The lowest BCUT2D eigenvalue weighted by molar-refractivity contribution is 0.304. The number of rotatable bonds is 11. The summed E-state index contributed by atoms with van der Waals surface area (Å²) in [5, 5.41) is 7.38. The molecular weight excluding hydrogens is 627 g/mol. The molecule has 39 heavy (non-hydrogen) atoms. The number of halogens is 1. The van der Waals surface area contributed by atoms with Crippen molar-refractivity contribution in [1.82, 2.24) is 15.3 Å². The van der Waals surface area contributed by atoms with Crippen molar-refractivity contribution >= 4 is 54.8 Å². The largest absolute Gasteiger partial charge is 0.488 e. The second-order valence-electron chi connectivity index (χ2n) is 9.07. The van der Waals surface area contributed by atoms with Crippen LogP contribution in [0.2, 0.25) is 0 Å². The summed E-state index contributed by atoms with van der Waals surface area (Å²) in [4.78, 5) is 8.91. The zero-order valence-electron chi connectivity index (χ0n) is 21.2. The number of hydrogen-bond acceptors (Lipinski definition) is 8. The third-order valence-corrected chi connectivity index (χ3v) is 7.75. The molecule has 0 saturated heterocycles. The maximum Gasteiger partial charge on any atom is 0.148 e. The van der Waals surface area contributed by atoms with Crippen LogP contribution < -0.4 is 15.4 Å². The smallest absolute Gasteiger partial charge is 0.148 e. The molecule has 0 radical (unpaired) electrons. The molecule has 5 aromatic rings. The number of benzene rings is 3. The minimum atomic E-state index is -3.00. The van der Waals surface area contributed by atoms with E-state index >= 15 is 0 Å². The number of sulfone groups is 1. The van der Waals surface area contributed by atoms with Crippen molar-refractivity contribution in [1.29, 1.82) is 0 Å². The third-order valence-electron chi connectivity index (χ3n) is 5.96. The first-order valence-electron chi connectivity index (χ1n) is 12.3. The zero-order chi connectivity index (χ0) is 27.2. The lowest BCUT2D eigenvalue weighted by Crippen LogP contribution is -2.21. The SMILES string of the molecule is CS(=O)(=O)CCNCc1ccc(-c2ccc3ncnc(Nc4ccc(OCc5ccccc5)c(I)c4)c3c2)o1. The molecule has 0 aliphatic carbocycles. The fourth-order valence-electron chi connectivity index (χ4n) is 3.97. The second-order valence-corrected chi connectivity index (χ2v) is 12.5. The molecule has 0 saturated carbocycles. The highest BCUT2D eigenvalue weighted by atomic mass is 127. The topological polar surface area (TPSA) is 106 Å². The number of fused-ring (bicyclic) bond motifs is 1. The Morgan fingerprint density at radius 1 is 0.974 bits per heavy atom. The first-order chi connectivity index (χ1) is 18.8. The van der Waals surface area contributed by atoms with E-state index in [-0.39, 0.29) is 5.75 Å². The van der Waals surface area contributed by atoms with Gasteiger partial charge in [-0.15, -0.1) is 0 Å². The van der Waals surface area contributed by atoms with E-state index in [1.165, 1.54) is 6.26 Å². The quantitative estimate of drug-likeness (QED) is 0.133. The summed E-state index contributed by atoms with van der Waals surface area (Å²) < 4.78 is 35.6. The summed E-state index contributed by atoms with van der Waals surface area (Å²) in [7, 11) is -3.00. The Bertz CT molecular complexity index is 1690. The average molecular weight is 655 g/mol. The average Bonchev–Trinajstić information content (AvgIpc) is 3.40. The lowest BCUT2D eigenvalue weighted by atomic mass is 10.1. The van der Waals surface area contributed by atoms with E-state index in [0.29, 0.717) is 31.3 Å². The number of aromatic nitrogens is 2. The van der Waals surface area contributed by atoms with Crippen LogP contribution in [-0.4, -0.2) is 36.9 Å². The van der Waals surface area contributed by atoms with Gasteiger partial charge in [-0.05, 0) is 76.7 Å². The van der Waals surface area contributed by atoms with Crippen LogP contribution >= 0.6 is 22.6 Å². The van der Waals surface area contributed by atoms with Gasteiger partial charge < -0.3 is 19.8 Å². The molecule has 0 atom stereocenters. The summed E-state index contributed by atoms with van der Waals surface area (Å²) in [5.74, 6) is 3.03. The number of nitrogens with one attached hydrogen (secondary N) is 2. The number of furan rings is 1. The molecular formula is C29H27IN4O4S. The van der Waals surface area contributed by atoms with Gasteiger partial charge in [-0.25, -0.2) is 18.4 Å². The van der Waals surface area contributed by atoms with Crippen LogP contribution in [0, 0.1) is 3.57 Å². The van der Waals surface area contributed by atoms with Crippen molar-refractivity contribution in [3.63, 3.8) is 0 Å². The molecule has 0 aliphatic heterocycles. The third kappa shape index (κ3) is 7.34. The summed E-state index contributed by atoms with van der Waals surface area (Å²) in [6, 6.07) is 25.7. The molecule has 0 bridgehead atoms. The van der Waals surface area contributed by atoms with Crippen LogP contribution in [0.3, 0.4) is 0 Å². The zero-order valence-corrected chi connectivity index (χ0v) is 24.2. The fourth-order valence-corrected chi connectivity index (χ4v) is 5.16. The van der Waals surface area contributed by atoms with Gasteiger partial charge in [-0.2, -0.15) is 0 Å². The molecule has 2 N–H and O–H groups in total. The Balaban J connectivity index is 1.30. The first kappa shape index (κ1) is 27.1. The summed E-state index contributed by atoms with van der Waals surface area (Å²) in [5.41, 5.74) is 3.70. The minimum Gasteiger partial charge on any atom is -0.488 e. The minimum absolute atomic E-state index is 0.0868. The maximum atomic E-state index is 11.3. The van der Waals surface area contributed by atoms with Gasteiger partial charge >= 0.3 is 0 Å². The van der Waals surface area contributed by atoms with E-state index < -0.39 is 9.84 Å². The number of ether oxygens (including phenoxy) is 1. The number of nitrogens with zero attached hydrogens (tertiary/aromatic N) is 2. The van der Waals surface area contributed by atoms with Crippen molar-refractivity contribution in [2.75, 3.05) is 23.9 Å². The Morgan fingerprint density at radius 2 is 1.82 bits per heavy atom. The van der Waals surface area contributed by atoms with Gasteiger partial charge in [0.1, 0.15) is 45.9 Å². The highest BCUT2D eigenvalue weighted by Gasteiger charge is 2.11. The molecule has 8 nitrogen and oxygen atoms in total. The summed E-state index contributed by atoms with van der Waals surface area (Å²) in [6.45, 7) is 1.33. The monoisotopic (exact) mass is 654 g/mol. The van der Waals surface area contributed by atoms with Crippen molar-refractivity contribution in [3.8, 4) is 17.1 Å².